The summed E-state index contributed by atoms with van der Waals surface area (Å²) in [7, 11) is 0. The maximum absolute atomic E-state index is 12.8. The van der Waals surface area contributed by atoms with Crippen LogP contribution in [0.2, 0.25) is 0 Å². The molecule has 1 amide bonds. The van der Waals surface area contributed by atoms with Crippen LogP contribution in [0.15, 0.2) is 58.4 Å². The Hall–Kier alpha value is -4.22. The monoisotopic (exact) mass is 447 g/mol. The molecule has 0 aliphatic rings. The van der Waals surface area contributed by atoms with E-state index >= 15 is 0 Å². The van der Waals surface area contributed by atoms with E-state index in [9.17, 15) is 32.9 Å². The lowest BCUT2D eigenvalue weighted by molar-refractivity contribution is -0.385. The lowest BCUT2D eigenvalue weighted by Crippen LogP contribution is -2.24. The molecular formula is C20H16F3N5O4. The van der Waals surface area contributed by atoms with E-state index in [1.165, 1.54) is 31.2 Å². The minimum absolute atomic E-state index is 0.0905. The number of amides is 1. The highest BCUT2D eigenvalue weighted by atomic mass is 19.4. The number of carbonyl (C=O) groups is 1. The molecule has 0 radical (unpaired) electrons. The van der Waals surface area contributed by atoms with Gasteiger partial charge in [-0.3, -0.25) is 24.8 Å². The van der Waals surface area contributed by atoms with Gasteiger partial charge in [-0.1, -0.05) is 12.1 Å². The van der Waals surface area contributed by atoms with E-state index < -0.39 is 33.8 Å². The van der Waals surface area contributed by atoms with Crippen LogP contribution in [0.5, 0.6) is 0 Å². The van der Waals surface area contributed by atoms with E-state index in [1.807, 2.05) is 0 Å². The number of aryl methyl sites for hydroxylation is 1. The normalized spacial score (nSPS) is 12.0. The second-order valence-electron chi connectivity index (χ2n) is 6.71. The fourth-order valence-electron chi connectivity index (χ4n) is 3.03. The number of alkyl halides is 3. The van der Waals surface area contributed by atoms with E-state index in [0.29, 0.717) is 5.69 Å². The van der Waals surface area contributed by atoms with Crippen LogP contribution < -0.4 is 11.0 Å². The molecule has 1 aromatic heterocycles. The van der Waals surface area contributed by atoms with Crippen molar-refractivity contribution in [3.63, 3.8) is 0 Å². The van der Waals surface area contributed by atoms with Crippen molar-refractivity contribution >= 4 is 17.3 Å². The largest absolute Gasteiger partial charge is 0.416 e. The zero-order valence-electron chi connectivity index (χ0n) is 16.7. The number of aromatic nitrogens is 2. The standard InChI is InChI=1S/C20H16F3N5O4/c1-11(24-25-18(29)15-5-3-4-6-16(15)28(31)32)17-12(2)26-27(19(17)30)14-9-7-13(8-10-14)20(21,22)23/h3-10,26H,1-2H3,(H,25,29)/b24-11+. The molecule has 0 fully saturated rings. The zero-order valence-corrected chi connectivity index (χ0v) is 16.7. The Kier molecular flexibility index (Phi) is 5.96. The highest BCUT2D eigenvalue weighted by Crippen LogP contribution is 2.29. The number of carbonyl (C=O) groups excluding carboxylic acids is 1. The summed E-state index contributed by atoms with van der Waals surface area (Å²) in [4.78, 5) is 35.5. The molecule has 166 valence electrons. The molecule has 9 nitrogen and oxygen atoms in total. The molecule has 12 heteroatoms. The van der Waals surface area contributed by atoms with Crippen molar-refractivity contribution in [3.8, 4) is 5.69 Å². The molecule has 32 heavy (non-hydrogen) atoms. The van der Waals surface area contributed by atoms with Gasteiger partial charge in [0.05, 0.1) is 27.4 Å². The maximum atomic E-state index is 12.8. The number of aromatic amines is 1. The summed E-state index contributed by atoms with van der Waals surface area (Å²) in [5.41, 5.74) is 0.843. The third-order valence-corrected chi connectivity index (χ3v) is 4.56. The average molecular weight is 447 g/mol. The maximum Gasteiger partial charge on any atom is 0.416 e. The van der Waals surface area contributed by atoms with Crippen LogP contribution in [0, 0.1) is 17.0 Å². The van der Waals surface area contributed by atoms with Gasteiger partial charge in [0, 0.05) is 11.8 Å². The van der Waals surface area contributed by atoms with Crippen molar-refractivity contribution in [2.75, 3.05) is 0 Å². The molecule has 0 saturated heterocycles. The number of hydrazone groups is 1. The first kappa shape index (κ1) is 22.5. The van der Waals surface area contributed by atoms with Crippen molar-refractivity contribution in [3.05, 3.63) is 91.4 Å². The molecule has 3 rings (SSSR count). The molecule has 3 aromatic rings. The molecule has 0 aliphatic heterocycles. The van der Waals surface area contributed by atoms with Gasteiger partial charge < -0.3 is 0 Å². The molecule has 2 aromatic carbocycles. The second kappa shape index (κ2) is 8.49. The van der Waals surface area contributed by atoms with E-state index in [1.54, 1.807) is 6.92 Å². The van der Waals surface area contributed by atoms with Gasteiger partial charge in [-0.25, -0.2) is 10.1 Å². The van der Waals surface area contributed by atoms with Gasteiger partial charge in [0.2, 0.25) is 0 Å². The number of halogens is 3. The molecule has 2 N–H and O–H groups in total. The smallest absolute Gasteiger partial charge is 0.295 e. The average Bonchev–Trinajstić information content (AvgIpc) is 3.05. The zero-order chi connectivity index (χ0) is 23.6. The first-order valence-corrected chi connectivity index (χ1v) is 9.08. The fraction of sp³-hybridized carbons (Fsp3) is 0.150. The van der Waals surface area contributed by atoms with E-state index in [0.717, 1.165) is 28.9 Å². The Morgan fingerprint density at radius 3 is 2.38 bits per heavy atom. The molecule has 0 saturated carbocycles. The summed E-state index contributed by atoms with van der Waals surface area (Å²) in [5.74, 6) is -0.840. The Bertz CT molecular complexity index is 1270. The molecule has 0 unspecified atom stereocenters. The van der Waals surface area contributed by atoms with Crippen LogP contribution >= 0.6 is 0 Å². The highest BCUT2D eigenvalue weighted by Gasteiger charge is 2.30. The summed E-state index contributed by atoms with van der Waals surface area (Å²) in [5, 5.41) is 17.7. The number of nitrogens with zero attached hydrogens (tertiary/aromatic N) is 3. The summed E-state index contributed by atoms with van der Waals surface area (Å²) in [6, 6.07) is 9.30. The number of hydrogen-bond acceptors (Lipinski definition) is 5. The number of H-pyrrole nitrogens is 1. The van der Waals surface area contributed by atoms with Crippen molar-refractivity contribution in [1.29, 1.82) is 0 Å². The summed E-state index contributed by atoms with van der Waals surface area (Å²) >= 11 is 0. The number of benzene rings is 2. The Labute approximate surface area is 178 Å². The first-order chi connectivity index (χ1) is 15.0. The number of nitro groups is 1. The predicted octanol–water partition coefficient (Wildman–Crippen LogP) is 3.56. The summed E-state index contributed by atoms with van der Waals surface area (Å²) in [6.07, 6.45) is -4.50. The molecule has 0 bridgehead atoms. The molecular weight excluding hydrogens is 431 g/mol. The van der Waals surface area contributed by atoms with Crippen LogP contribution in [0.3, 0.4) is 0 Å². The lowest BCUT2D eigenvalue weighted by Gasteiger charge is -2.07. The number of para-hydroxylation sites is 1. The van der Waals surface area contributed by atoms with Crippen LogP contribution in [0.25, 0.3) is 5.69 Å². The number of hydrogen-bond donors (Lipinski definition) is 2. The van der Waals surface area contributed by atoms with Gasteiger partial charge in [-0.2, -0.15) is 18.3 Å². The third kappa shape index (κ3) is 4.43. The molecule has 0 aliphatic carbocycles. The van der Waals surface area contributed by atoms with Crippen LogP contribution in [0.1, 0.15) is 34.1 Å². The number of nitrogens with one attached hydrogen (secondary N) is 2. The molecule has 1 heterocycles. The fourth-order valence-corrected chi connectivity index (χ4v) is 3.03. The Morgan fingerprint density at radius 2 is 1.78 bits per heavy atom. The minimum atomic E-state index is -4.50. The number of nitro benzene ring substituents is 1. The van der Waals surface area contributed by atoms with Crippen LogP contribution in [-0.4, -0.2) is 26.3 Å². The topological polar surface area (TPSA) is 122 Å². The first-order valence-electron chi connectivity index (χ1n) is 9.08. The van der Waals surface area contributed by atoms with Crippen LogP contribution in [0.4, 0.5) is 18.9 Å². The van der Waals surface area contributed by atoms with Crippen molar-refractivity contribution in [1.82, 2.24) is 15.2 Å². The predicted molar refractivity (Wildman–Crippen MR) is 109 cm³/mol. The van der Waals surface area contributed by atoms with Gasteiger partial charge in [0.1, 0.15) is 5.56 Å². The summed E-state index contributed by atoms with van der Waals surface area (Å²) < 4.78 is 39.3. The highest BCUT2D eigenvalue weighted by molar-refractivity contribution is 6.02. The Morgan fingerprint density at radius 1 is 1.16 bits per heavy atom. The molecule has 0 atom stereocenters. The Balaban J connectivity index is 1.88. The van der Waals surface area contributed by atoms with E-state index in [-0.39, 0.29) is 22.5 Å². The van der Waals surface area contributed by atoms with Gasteiger partial charge in [-0.05, 0) is 44.2 Å². The van der Waals surface area contributed by atoms with E-state index in [4.69, 9.17) is 0 Å². The van der Waals surface area contributed by atoms with Crippen molar-refractivity contribution in [2.24, 2.45) is 5.10 Å². The van der Waals surface area contributed by atoms with Gasteiger partial charge in [0.15, 0.2) is 0 Å². The third-order valence-electron chi connectivity index (χ3n) is 4.56. The van der Waals surface area contributed by atoms with Gasteiger partial charge >= 0.3 is 6.18 Å². The summed E-state index contributed by atoms with van der Waals surface area (Å²) in [6.45, 7) is 2.99. The lowest BCUT2D eigenvalue weighted by atomic mass is 10.1. The van der Waals surface area contributed by atoms with E-state index in [2.05, 4.69) is 15.6 Å². The molecule has 0 spiro atoms. The number of rotatable bonds is 5. The second-order valence-corrected chi connectivity index (χ2v) is 6.71. The van der Waals surface area contributed by atoms with Gasteiger partial charge in [-0.15, -0.1) is 0 Å². The van der Waals surface area contributed by atoms with Crippen molar-refractivity contribution in [2.45, 2.75) is 20.0 Å². The van der Waals surface area contributed by atoms with Crippen LogP contribution in [-0.2, 0) is 6.18 Å². The van der Waals surface area contributed by atoms with Crippen molar-refractivity contribution < 1.29 is 22.9 Å². The van der Waals surface area contributed by atoms with Gasteiger partial charge in [0.25, 0.3) is 17.2 Å². The quantitative estimate of drug-likeness (QED) is 0.353. The minimum Gasteiger partial charge on any atom is -0.295 e. The SMILES string of the molecule is C/C(=N\NC(=O)c1ccccc1[N+](=O)[O-])c1c(C)[nH]n(-c2ccc(C(F)(F)F)cc2)c1=O.